The van der Waals surface area contributed by atoms with Crippen molar-refractivity contribution in [3.8, 4) is 0 Å². The molecule has 0 saturated heterocycles. The highest BCUT2D eigenvalue weighted by Crippen LogP contribution is 2.36. The van der Waals surface area contributed by atoms with Gasteiger partial charge in [-0.15, -0.1) is 0 Å². The second-order valence-electron chi connectivity index (χ2n) is 5.19. The number of ether oxygens (including phenoxy) is 1. The van der Waals surface area contributed by atoms with Gasteiger partial charge >= 0.3 is 0 Å². The Hall–Kier alpha value is -0.930. The molecule has 0 bridgehead atoms. The van der Waals surface area contributed by atoms with Crippen LogP contribution in [0.2, 0.25) is 0 Å². The van der Waals surface area contributed by atoms with Crippen LogP contribution < -0.4 is 5.73 Å². The minimum Gasteiger partial charge on any atom is -0.373 e. The Labute approximate surface area is 103 Å². The van der Waals surface area contributed by atoms with Crippen molar-refractivity contribution in [3.05, 3.63) is 30.1 Å². The summed E-state index contributed by atoms with van der Waals surface area (Å²) in [6.07, 6.45) is 8.07. The zero-order valence-corrected chi connectivity index (χ0v) is 10.6. The van der Waals surface area contributed by atoms with E-state index >= 15 is 0 Å². The number of nitrogens with zero attached hydrogens (tertiary/aromatic N) is 1. The van der Waals surface area contributed by atoms with E-state index in [1.807, 2.05) is 12.3 Å². The molecule has 1 fully saturated rings. The topological polar surface area (TPSA) is 48.1 Å². The van der Waals surface area contributed by atoms with Gasteiger partial charge in [-0.05, 0) is 43.2 Å². The van der Waals surface area contributed by atoms with Crippen molar-refractivity contribution >= 4 is 0 Å². The van der Waals surface area contributed by atoms with Crippen LogP contribution in [0.15, 0.2) is 24.5 Å². The lowest BCUT2D eigenvalue weighted by Crippen LogP contribution is -2.38. The van der Waals surface area contributed by atoms with Gasteiger partial charge in [0, 0.05) is 18.9 Å². The molecule has 1 heterocycles. The fraction of sp³-hybridized carbons (Fsp3) is 0.643. The fourth-order valence-corrected chi connectivity index (χ4v) is 2.66. The van der Waals surface area contributed by atoms with Gasteiger partial charge in [0.05, 0.1) is 12.2 Å². The van der Waals surface area contributed by atoms with Crippen molar-refractivity contribution in [2.24, 2.45) is 11.7 Å². The van der Waals surface area contributed by atoms with Crippen molar-refractivity contribution in [3.63, 3.8) is 0 Å². The third kappa shape index (κ3) is 3.27. The number of pyridine rings is 1. The number of nitrogens with two attached hydrogens (primary N) is 1. The molecular formula is C14H22N2O. The van der Waals surface area contributed by atoms with E-state index in [1.165, 1.54) is 12.0 Å². The van der Waals surface area contributed by atoms with Gasteiger partial charge in [-0.2, -0.15) is 0 Å². The summed E-state index contributed by atoms with van der Waals surface area (Å²) in [7, 11) is 0. The molecule has 0 spiro atoms. The molecule has 1 aliphatic rings. The molecule has 3 nitrogen and oxygen atoms in total. The normalized spacial score (nSPS) is 28.5. The van der Waals surface area contributed by atoms with E-state index in [0.29, 0.717) is 6.54 Å². The van der Waals surface area contributed by atoms with E-state index < -0.39 is 0 Å². The van der Waals surface area contributed by atoms with Crippen LogP contribution in [0.3, 0.4) is 0 Å². The van der Waals surface area contributed by atoms with Gasteiger partial charge in [0.15, 0.2) is 0 Å². The van der Waals surface area contributed by atoms with Crippen LogP contribution in [-0.2, 0) is 11.2 Å². The molecule has 17 heavy (non-hydrogen) atoms. The van der Waals surface area contributed by atoms with Crippen molar-refractivity contribution < 1.29 is 4.74 Å². The van der Waals surface area contributed by atoms with Crippen molar-refractivity contribution in [1.29, 1.82) is 0 Å². The minimum atomic E-state index is -0.0539. The number of rotatable bonds is 5. The van der Waals surface area contributed by atoms with E-state index in [2.05, 4.69) is 18.0 Å². The fourth-order valence-electron chi connectivity index (χ4n) is 2.66. The van der Waals surface area contributed by atoms with Crippen LogP contribution in [0.25, 0.3) is 0 Å². The highest BCUT2D eigenvalue weighted by Gasteiger charge is 2.36. The van der Waals surface area contributed by atoms with Crippen molar-refractivity contribution in [2.75, 3.05) is 13.2 Å². The number of hydrogen-bond donors (Lipinski definition) is 1. The predicted molar refractivity (Wildman–Crippen MR) is 68.7 cm³/mol. The van der Waals surface area contributed by atoms with Crippen LogP contribution in [-0.4, -0.2) is 23.7 Å². The Morgan fingerprint density at radius 2 is 2.47 bits per heavy atom. The first-order valence-corrected chi connectivity index (χ1v) is 6.47. The molecule has 0 aromatic carbocycles. The summed E-state index contributed by atoms with van der Waals surface area (Å²) in [5.41, 5.74) is 7.05. The molecule has 1 aromatic heterocycles. The van der Waals surface area contributed by atoms with Gasteiger partial charge in [-0.3, -0.25) is 4.98 Å². The molecule has 3 heteroatoms. The number of hydrogen-bond acceptors (Lipinski definition) is 3. The second-order valence-corrected chi connectivity index (χ2v) is 5.19. The average Bonchev–Trinajstić information content (AvgIpc) is 2.73. The molecule has 0 radical (unpaired) electrons. The molecule has 2 atom stereocenters. The lowest BCUT2D eigenvalue weighted by Gasteiger charge is -2.28. The van der Waals surface area contributed by atoms with Gasteiger partial charge in [-0.25, -0.2) is 0 Å². The Balaban J connectivity index is 1.81. The summed E-state index contributed by atoms with van der Waals surface area (Å²) >= 11 is 0. The maximum absolute atomic E-state index is 6.06. The predicted octanol–water partition coefficient (Wildman–Crippen LogP) is 2.16. The van der Waals surface area contributed by atoms with E-state index in [4.69, 9.17) is 10.5 Å². The molecule has 94 valence electrons. The molecule has 2 N–H and O–H groups in total. The monoisotopic (exact) mass is 234 g/mol. The maximum Gasteiger partial charge on any atom is 0.0806 e. The standard InChI is InChI=1S/C14H22N2O/c1-12-4-6-14(9-12,11-15)17-8-5-13-3-2-7-16-10-13/h2-3,7,10,12H,4-6,8-9,11,15H2,1H3. The summed E-state index contributed by atoms with van der Waals surface area (Å²) in [4.78, 5) is 4.10. The Kier molecular flexibility index (Phi) is 4.13. The molecule has 0 amide bonds. The first kappa shape index (κ1) is 12.5. The van der Waals surface area contributed by atoms with E-state index in [0.717, 1.165) is 31.8 Å². The highest BCUT2D eigenvalue weighted by molar-refractivity contribution is 5.08. The third-order valence-electron chi connectivity index (χ3n) is 3.71. The van der Waals surface area contributed by atoms with Crippen molar-refractivity contribution in [1.82, 2.24) is 4.98 Å². The number of aromatic nitrogens is 1. The van der Waals surface area contributed by atoms with Gasteiger partial charge in [0.2, 0.25) is 0 Å². The summed E-state index contributed by atoms with van der Waals surface area (Å²) in [5.74, 6) is 0.747. The molecule has 2 rings (SSSR count). The smallest absolute Gasteiger partial charge is 0.0806 e. The molecule has 1 saturated carbocycles. The van der Waals surface area contributed by atoms with Crippen LogP contribution >= 0.6 is 0 Å². The summed E-state index contributed by atoms with van der Waals surface area (Å²) in [6.45, 7) is 3.67. The first-order valence-electron chi connectivity index (χ1n) is 6.47. The molecule has 1 aliphatic carbocycles. The Morgan fingerprint density at radius 3 is 3.06 bits per heavy atom. The van der Waals surface area contributed by atoms with Crippen molar-refractivity contribution in [2.45, 2.75) is 38.2 Å². The summed E-state index contributed by atoms with van der Waals surface area (Å²) in [5, 5.41) is 0. The SMILES string of the molecule is CC1CCC(CN)(OCCc2cccnc2)C1. The Bertz CT molecular complexity index is 341. The van der Waals surface area contributed by atoms with E-state index in [1.54, 1.807) is 6.20 Å². The van der Waals surface area contributed by atoms with Crippen LogP contribution in [0.4, 0.5) is 0 Å². The molecular weight excluding hydrogens is 212 g/mol. The average molecular weight is 234 g/mol. The van der Waals surface area contributed by atoms with Gasteiger partial charge in [0.25, 0.3) is 0 Å². The second kappa shape index (κ2) is 5.61. The quantitative estimate of drug-likeness (QED) is 0.849. The van der Waals surface area contributed by atoms with Gasteiger partial charge in [0.1, 0.15) is 0 Å². The summed E-state index contributed by atoms with van der Waals surface area (Å²) < 4.78 is 6.06. The van der Waals surface area contributed by atoms with Crippen LogP contribution in [0.1, 0.15) is 31.7 Å². The van der Waals surface area contributed by atoms with Crippen LogP contribution in [0, 0.1) is 5.92 Å². The minimum absolute atomic E-state index is 0.0539. The zero-order chi connectivity index (χ0) is 12.1. The molecule has 0 aliphatic heterocycles. The van der Waals surface area contributed by atoms with Crippen LogP contribution in [0.5, 0.6) is 0 Å². The zero-order valence-electron chi connectivity index (χ0n) is 10.6. The lowest BCUT2D eigenvalue weighted by molar-refractivity contribution is -0.0343. The Morgan fingerprint density at radius 1 is 1.59 bits per heavy atom. The van der Waals surface area contributed by atoms with E-state index in [9.17, 15) is 0 Å². The lowest BCUT2D eigenvalue weighted by atomic mass is 10.0. The first-order chi connectivity index (χ1) is 8.24. The van der Waals surface area contributed by atoms with Gasteiger partial charge in [-0.1, -0.05) is 13.0 Å². The maximum atomic E-state index is 6.06. The highest BCUT2D eigenvalue weighted by atomic mass is 16.5. The molecule has 1 aromatic rings. The third-order valence-corrected chi connectivity index (χ3v) is 3.71. The summed E-state index contributed by atoms with van der Waals surface area (Å²) in [6, 6.07) is 4.05. The van der Waals surface area contributed by atoms with Gasteiger partial charge < -0.3 is 10.5 Å². The molecule has 2 unspecified atom stereocenters. The largest absolute Gasteiger partial charge is 0.373 e. The van der Waals surface area contributed by atoms with E-state index in [-0.39, 0.29) is 5.60 Å².